The first kappa shape index (κ1) is 20.4. The molecule has 2 saturated heterocycles. The van der Waals surface area contributed by atoms with Crippen LogP contribution in [0.1, 0.15) is 52.1 Å². The van der Waals surface area contributed by atoms with E-state index in [0.717, 1.165) is 22.9 Å². The second kappa shape index (κ2) is 7.88. The molecule has 2 fully saturated rings. The molecular formula is C24H23BrN2O4. The molecule has 2 amide bonds. The second-order valence-corrected chi connectivity index (χ2v) is 9.50. The fraction of sp³-hybridized carbons (Fsp3) is 0.375. The molecular weight excluding hydrogens is 460 g/mol. The number of hydrogen-bond donors (Lipinski definition) is 0. The number of piperidine rings is 1. The maximum Gasteiger partial charge on any atom is 0.323 e. The molecule has 2 aromatic rings. The van der Waals surface area contributed by atoms with E-state index in [4.69, 9.17) is 4.74 Å². The number of carbonyl (C=O) groups excluding carboxylic acids is 3. The molecule has 0 aliphatic carbocycles. The molecule has 7 heteroatoms. The Morgan fingerprint density at radius 1 is 0.968 bits per heavy atom. The summed E-state index contributed by atoms with van der Waals surface area (Å²) in [6.07, 6.45) is 1.15. The van der Waals surface area contributed by atoms with Crippen molar-refractivity contribution < 1.29 is 19.1 Å². The van der Waals surface area contributed by atoms with Gasteiger partial charge in [-0.25, -0.2) is 0 Å². The fourth-order valence-corrected chi connectivity index (χ4v) is 5.42. The second-order valence-electron chi connectivity index (χ2n) is 8.59. The van der Waals surface area contributed by atoms with Gasteiger partial charge in [0.1, 0.15) is 12.1 Å². The molecule has 3 aliphatic rings. The number of carbonyl (C=O) groups is 3. The van der Waals surface area contributed by atoms with Gasteiger partial charge in [-0.15, -0.1) is 0 Å². The minimum atomic E-state index is -0.547. The molecule has 6 nitrogen and oxygen atoms in total. The highest BCUT2D eigenvalue weighted by molar-refractivity contribution is 9.10. The molecule has 0 radical (unpaired) electrons. The summed E-state index contributed by atoms with van der Waals surface area (Å²) in [7, 11) is 0. The van der Waals surface area contributed by atoms with E-state index in [1.807, 2.05) is 12.1 Å². The Hall–Kier alpha value is -2.51. The maximum absolute atomic E-state index is 12.9. The molecule has 0 saturated carbocycles. The van der Waals surface area contributed by atoms with Crippen LogP contribution < -0.4 is 0 Å². The average Bonchev–Trinajstić information content (AvgIpc) is 3.00. The van der Waals surface area contributed by atoms with Crippen LogP contribution in [0.4, 0.5) is 0 Å². The van der Waals surface area contributed by atoms with Crippen LogP contribution in [0.3, 0.4) is 0 Å². The van der Waals surface area contributed by atoms with Gasteiger partial charge in [0.05, 0.1) is 17.7 Å². The summed E-state index contributed by atoms with van der Waals surface area (Å²) in [5, 5.41) is 0. The summed E-state index contributed by atoms with van der Waals surface area (Å²) in [5.74, 6) is -0.532. The van der Waals surface area contributed by atoms with Gasteiger partial charge in [0.25, 0.3) is 11.8 Å². The number of morpholine rings is 1. The number of amides is 2. The number of nitrogens with zero attached hydrogens (tertiary/aromatic N) is 2. The largest absolute Gasteiger partial charge is 0.458 e. The van der Waals surface area contributed by atoms with Gasteiger partial charge in [-0.3, -0.25) is 24.2 Å². The molecule has 160 valence electrons. The van der Waals surface area contributed by atoms with Gasteiger partial charge in [-0.1, -0.05) is 47.1 Å². The van der Waals surface area contributed by atoms with Crippen LogP contribution in [0.2, 0.25) is 0 Å². The van der Waals surface area contributed by atoms with Crippen molar-refractivity contribution in [1.29, 1.82) is 0 Å². The molecule has 0 N–H and O–H groups in total. The van der Waals surface area contributed by atoms with Crippen molar-refractivity contribution in [3.8, 4) is 0 Å². The van der Waals surface area contributed by atoms with Gasteiger partial charge in [0.15, 0.2) is 0 Å². The zero-order chi connectivity index (χ0) is 21.7. The van der Waals surface area contributed by atoms with E-state index in [-0.39, 0.29) is 36.4 Å². The number of ether oxygens (including phenoxy) is 1. The minimum absolute atomic E-state index is 0.0722. The third-order valence-electron chi connectivity index (χ3n) is 6.64. The molecule has 4 atom stereocenters. The summed E-state index contributed by atoms with van der Waals surface area (Å²) in [6, 6.07) is 14.8. The highest BCUT2D eigenvalue weighted by Crippen LogP contribution is 2.41. The van der Waals surface area contributed by atoms with Gasteiger partial charge in [0, 0.05) is 17.1 Å². The monoisotopic (exact) mass is 482 g/mol. The molecule has 3 heterocycles. The van der Waals surface area contributed by atoms with Gasteiger partial charge in [0.2, 0.25) is 0 Å². The Labute approximate surface area is 189 Å². The van der Waals surface area contributed by atoms with Crippen molar-refractivity contribution in [3.63, 3.8) is 0 Å². The van der Waals surface area contributed by atoms with Crippen molar-refractivity contribution in [3.05, 3.63) is 69.7 Å². The third-order valence-corrected chi connectivity index (χ3v) is 7.17. The number of benzene rings is 2. The quantitative estimate of drug-likeness (QED) is 0.491. The molecule has 0 aromatic heterocycles. The lowest BCUT2D eigenvalue weighted by Gasteiger charge is -2.49. The number of esters is 1. The number of cyclic esters (lactones) is 1. The third kappa shape index (κ3) is 3.49. The smallest absolute Gasteiger partial charge is 0.323 e. The SMILES string of the molecule is C[C@@H]1CC[C@H]2C(=O)OC(CN3C(=O)c4ccccc4C3=O)CN2[C@H]1c1ccc(Br)cc1. The molecule has 5 rings (SSSR count). The predicted molar refractivity (Wildman–Crippen MR) is 117 cm³/mol. The highest BCUT2D eigenvalue weighted by atomic mass is 79.9. The van der Waals surface area contributed by atoms with Crippen LogP contribution in [0.15, 0.2) is 53.0 Å². The Kier molecular flexibility index (Phi) is 5.18. The van der Waals surface area contributed by atoms with Gasteiger partial charge in [-0.05, 0) is 48.6 Å². The normalized spacial score (nSPS) is 28.3. The Morgan fingerprint density at radius 2 is 1.61 bits per heavy atom. The Bertz CT molecular complexity index is 1020. The standard InChI is InChI=1S/C24H23BrN2O4/c1-14-6-11-20-24(30)31-17(12-26(20)21(14)15-7-9-16(25)10-8-15)13-27-22(28)18-4-2-3-5-19(18)23(27)29/h2-5,7-10,14,17,20-21H,6,11-13H2,1H3/t14-,17?,20+,21-/m1/s1. The highest BCUT2D eigenvalue weighted by Gasteiger charge is 2.46. The Balaban J connectivity index is 1.39. The zero-order valence-electron chi connectivity index (χ0n) is 17.2. The first-order valence-corrected chi connectivity index (χ1v) is 11.4. The van der Waals surface area contributed by atoms with Crippen molar-refractivity contribution in [2.75, 3.05) is 13.1 Å². The molecule has 1 unspecified atom stereocenters. The van der Waals surface area contributed by atoms with E-state index >= 15 is 0 Å². The van der Waals surface area contributed by atoms with E-state index in [1.165, 1.54) is 4.90 Å². The zero-order valence-corrected chi connectivity index (χ0v) is 18.7. The van der Waals surface area contributed by atoms with E-state index < -0.39 is 6.10 Å². The minimum Gasteiger partial charge on any atom is -0.458 e. The summed E-state index contributed by atoms with van der Waals surface area (Å²) in [6.45, 7) is 2.78. The lowest BCUT2D eigenvalue weighted by molar-refractivity contribution is -0.174. The van der Waals surface area contributed by atoms with E-state index in [0.29, 0.717) is 23.6 Å². The summed E-state index contributed by atoms with van der Waals surface area (Å²) in [4.78, 5) is 41.8. The van der Waals surface area contributed by atoms with Gasteiger partial charge in [-0.2, -0.15) is 0 Å². The summed E-state index contributed by atoms with van der Waals surface area (Å²) >= 11 is 3.49. The number of imide groups is 1. The number of halogens is 1. The fourth-order valence-electron chi connectivity index (χ4n) is 5.16. The number of hydrogen-bond acceptors (Lipinski definition) is 5. The van der Waals surface area contributed by atoms with Crippen LogP contribution in [0.5, 0.6) is 0 Å². The molecule has 3 aliphatic heterocycles. The van der Waals surface area contributed by atoms with E-state index in [9.17, 15) is 14.4 Å². The number of rotatable bonds is 3. The number of fused-ring (bicyclic) bond motifs is 2. The van der Waals surface area contributed by atoms with Crippen molar-refractivity contribution >= 4 is 33.7 Å². The molecule has 0 spiro atoms. The topological polar surface area (TPSA) is 66.9 Å². The van der Waals surface area contributed by atoms with Crippen molar-refractivity contribution in [2.45, 2.75) is 38.0 Å². The van der Waals surface area contributed by atoms with Crippen LogP contribution in [-0.2, 0) is 9.53 Å². The van der Waals surface area contributed by atoms with E-state index in [2.05, 4.69) is 39.9 Å². The lowest BCUT2D eigenvalue weighted by Crippen LogP contribution is -2.59. The first-order chi connectivity index (χ1) is 14.9. The maximum atomic E-state index is 12.9. The van der Waals surface area contributed by atoms with E-state index in [1.54, 1.807) is 24.3 Å². The van der Waals surface area contributed by atoms with Crippen LogP contribution in [0, 0.1) is 5.92 Å². The van der Waals surface area contributed by atoms with Crippen LogP contribution >= 0.6 is 15.9 Å². The van der Waals surface area contributed by atoms with Crippen LogP contribution in [-0.4, -0.2) is 52.8 Å². The molecule has 0 bridgehead atoms. The summed E-state index contributed by atoms with van der Waals surface area (Å²) in [5.41, 5.74) is 1.98. The van der Waals surface area contributed by atoms with Gasteiger partial charge < -0.3 is 4.74 Å². The van der Waals surface area contributed by atoms with Crippen LogP contribution in [0.25, 0.3) is 0 Å². The Morgan fingerprint density at radius 3 is 2.26 bits per heavy atom. The van der Waals surface area contributed by atoms with Crippen molar-refractivity contribution in [2.24, 2.45) is 5.92 Å². The predicted octanol–water partition coefficient (Wildman–Crippen LogP) is 3.81. The van der Waals surface area contributed by atoms with Gasteiger partial charge >= 0.3 is 5.97 Å². The van der Waals surface area contributed by atoms with Crippen molar-refractivity contribution in [1.82, 2.24) is 9.80 Å². The average molecular weight is 483 g/mol. The summed E-state index contributed by atoms with van der Waals surface area (Å²) < 4.78 is 6.73. The molecule has 2 aromatic carbocycles. The lowest BCUT2D eigenvalue weighted by atomic mass is 9.82. The first-order valence-electron chi connectivity index (χ1n) is 10.6. The molecule has 31 heavy (non-hydrogen) atoms.